The van der Waals surface area contributed by atoms with Gasteiger partial charge in [-0.3, -0.25) is 19.2 Å². The zero-order valence-electron chi connectivity index (χ0n) is 21.0. The van der Waals surface area contributed by atoms with Gasteiger partial charge in [-0.05, 0) is 24.3 Å². The minimum atomic E-state index is -5.17. The van der Waals surface area contributed by atoms with E-state index < -0.39 is 73.3 Å². The van der Waals surface area contributed by atoms with E-state index in [2.05, 4.69) is 4.99 Å². The second kappa shape index (κ2) is 13.1. The normalized spacial score (nSPS) is 23.6. The average molecular weight is 549 g/mol. The number of esters is 4. The predicted octanol–water partition coefficient (Wildman–Crippen LogP) is 2.39. The molecule has 0 N–H and O–H groups in total. The van der Waals surface area contributed by atoms with Gasteiger partial charge in [-0.2, -0.15) is 13.2 Å². The van der Waals surface area contributed by atoms with E-state index in [1.807, 2.05) is 0 Å². The van der Waals surface area contributed by atoms with Gasteiger partial charge in [0.05, 0.1) is 12.8 Å². The van der Waals surface area contributed by atoms with Crippen LogP contribution in [-0.2, 0) is 47.6 Å². The van der Waals surface area contributed by atoms with Crippen LogP contribution in [-0.4, -0.2) is 80.4 Å². The number of rotatable bonds is 8. The molecule has 1 aliphatic rings. The summed E-state index contributed by atoms with van der Waals surface area (Å²) in [5, 5.41) is 0. The number of ether oxygens (including phenoxy) is 7. The first-order valence-electron chi connectivity index (χ1n) is 11.0. The average Bonchev–Trinajstić information content (AvgIpc) is 2.80. The standard InChI is InChI=1S/C23H26F3NO11/c1-11(28)33-10-17-18(34-12(2)29)19(35-13(3)30)20(36-14(4)31)21(37-17)38-22(23(24,25)26)27-15-6-8-16(32-5)9-7-15/h6-9,17-21H,10H2,1-5H3/t17-,18-,19+,20-,21?/m1/s1. The van der Waals surface area contributed by atoms with E-state index in [9.17, 15) is 32.3 Å². The Balaban J connectivity index is 2.56. The van der Waals surface area contributed by atoms with Crippen LogP contribution in [0.15, 0.2) is 29.3 Å². The minimum absolute atomic E-state index is 0.177. The van der Waals surface area contributed by atoms with Crippen molar-refractivity contribution in [3.63, 3.8) is 0 Å². The zero-order chi connectivity index (χ0) is 28.6. The lowest BCUT2D eigenvalue weighted by Gasteiger charge is -2.43. The van der Waals surface area contributed by atoms with Crippen molar-refractivity contribution in [1.29, 1.82) is 0 Å². The number of nitrogens with zero attached hydrogens (tertiary/aromatic N) is 1. The smallest absolute Gasteiger partial charge is 0.468 e. The number of aliphatic imine (C=N–C) groups is 1. The first-order chi connectivity index (χ1) is 17.7. The van der Waals surface area contributed by atoms with Crippen LogP contribution < -0.4 is 4.74 Å². The molecular formula is C23H26F3NO11. The van der Waals surface area contributed by atoms with Crippen LogP contribution >= 0.6 is 0 Å². The van der Waals surface area contributed by atoms with Crippen molar-refractivity contribution in [2.24, 2.45) is 4.99 Å². The molecule has 15 heteroatoms. The van der Waals surface area contributed by atoms with Crippen molar-refractivity contribution >= 4 is 35.5 Å². The van der Waals surface area contributed by atoms with Crippen molar-refractivity contribution in [1.82, 2.24) is 0 Å². The highest BCUT2D eigenvalue weighted by Crippen LogP contribution is 2.32. The molecule has 5 atom stereocenters. The summed E-state index contributed by atoms with van der Waals surface area (Å²) in [6.07, 6.45) is -13.9. The van der Waals surface area contributed by atoms with Gasteiger partial charge in [-0.15, -0.1) is 0 Å². The Morgan fingerprint density at radius 3 is 1.82 bits per heavy atom. The van der Waals surface area contributed by atoms with Gasteiger partial charge in [0, 0.05) is 27.7 Å². The summed E-state index contributed by atoms with van der Waals surface area (Å²) < 4.78 is 77.6. The Morgan fingerprint density at radius 1 is 0.816 bits per heavy atom. The van der Waals surface area contributed by atoms with Crippen molar-refractivity contribution < 1.29 is 65.5 Å². The summed E-state index contributed by atoms with van der Waals surface area (Å²) in [4.78, 5) is 50.3. The molecule has 1 unspecified atom stereocenters. The van der Waals surface area contributed by atoms with E-state index >= 15 is 0 Å². The molecule has 1 aromatic carbocycles. The van der Waals surface area contributed by atoms with Crippen LogP contribution in [0.25, 0.3) is 0 Å². The molecule has 12 nitrogen and oxygen atoms in total. The van der Waals surface area contributed by atoms with E-state index in [0.717, 1.165) is 27.7 Å². The van der Waals surface area contributed by atoms with Crippen molar-refractivity contribution in [2.45, 2.75) is 64.6 Å². The van der Waals surface area contributed by atoms with E-state index in [4.69, 9.17) is 33.2 Å². The summed E-state index contributed by atoms with van der Waals surface area (Å²) in [6.45, 7) is 3.30. The van der Waals surface area contributed by atoms with Crippen LogP contribution in [0.4, 0.5) is 18.9 Å². The predicted molar refractivity (Wildman–Crippen MR) is 119 cm³/mol. The Hall–Kier alpha value is -3.88. The van der Waals surface area contributed by atoms with E-state index in [0.29, 0.717) is 5.75 Å². The van der Waals surface area contributed by atoms with Gasteiger partial charge in [-0.1, -0.05) is 0 Å². The second-order valence-electron chi connectivity index (χ2n) is 7.80. The van der Waals surface area contributed by atoms with Crippen molar-refractivity contribution in [3.8, 4) is 5.75 Å². The Morgan fingerprint density at radius 2 is 1.34 bits per heavy atom. The number of hydrogen-bond acceptors (Lipinski definition) is 12. The number of methoxy groups -OCH3 is 1. The minimum Gasteiger partial charge on any atom is -0.497 e. The lowest BCUT2D eigenvalue weighted by atomic mass is 9.98. The van der Waals surface area contributed by atoms with Gasteiger partial charge in [0.25, 0.3) is 5.90 Å². The molecule has 210 valence electrons. The third kappa shape index (κ3) is 8.90. The molecule has 0 aromatic heterocycles. The highest BCUT2D eigenvalue weighted by atomic mass is 19.4. The number of hydrogen-bond donors (Lipinski definition) is 0. The molecule has 1 heterocycles. The molecule has 0 radical (unpaired) electrons. The van der Waals surface area contributed by atoms with E-state index in [1.165, 1.54) is 31.4 Å². The summed E-state index contributed by atoms with van der Waals surface area (Å²) in [5.41, 5.74) is -0.177. The SMILES string of the molecule is COc1ccc(N=C(OC2O[C@H](COC(C)=O)[C@@H](OC(C)=O)[C@H](OC(C)=O)[C@H]2OC(C)=O)C(F)(F)F)cc1. The molecule has 0 aliphatic carbocycles. The Bertz CT molecular complexity index is 1040. The van der Waals surface area contributed by atoms with Crippen LogP contribution in [0, 0.1) is 0 Å². The number of carbonyl (C=O) groups excluding carboxylic acids is 4. The monoisotopic (exact) mass is 549 g/mol. The summed E-state index contributed by atoms with van der Waals surface area (Å²) in [5.74, 6) is -5.11. The molecule has 1 aromatic rings. The van der Waals surface area contributed by atoms with Gasteiger partial charge in [0.15, 0.2) is 12.2 Å². The topological polar surface area (TPSA) is 145 Å². The fourth-order valence-electron chi connectivity index (χ4n) is 3.32. The number of halogens is 3. The second-order valence-corrected chi connectivity index (χ2v) is 7.80. The molecule has 1 aliphatic heterocycles. The molecule has 0 spiro atoms. The Kier molecular flexibility index (Phi) is 10.4. The van der Waals surface area contributed by atoms with E-state index in [-0.39, 0.29) is 5.69 Å². The highest BCUT2D eigenvalue weighted by Gasteiger charge is 2.55. The molecule has 38 heavy (non-hydrogen) atoms. The highest BCUT2D eigenvalue weighted by molar-refractivity contribution is 5.84. The molecule has 0 saturated carbocycles. The summed E-state index contributed by atoms with van der Waals surface area (Å²) in [6, 6.07) is 5.17. The third-order valence-electron chi connectivity index (χ3n) is 4.72. The molecule has 1 saturated heterocycles. The first-order valence-corrected chi connectivity index (χ1v) is 11.0. The maximum Gasteiger partial charge on any atom is 0.468 e. The number of alkyl halides is 3. The summed E-state index contributed by atoms with van der Waals surface area (Å²) in [7, 11) is 1.37. The van der Waals surface area contributed by atoms with Crippen molar-refractivity contribution in [3.05, 3.63) is 24.3 Å². The third-order valence-corrected chi connectivity index (χ3v) is 4.72. The van der Waals surface area contributed by atoms with Crippen LogP contribution in [0.2, 0.25) is 0 Å². The fraction of sp³-hybridized carbons (Fsp3) is 0.522. The number of carbonyl (C=O) groups is 4. The van der Waals surface area contributed by atoms with Gasteiger partial charge in [0.1, 0.15) is 18.5 Å². The van der Waals surface area contributed by atoms with Gasteiger partial charge >= 0.3 is 30.1 Å². The van der Waals surface area contributed by atoms with Crippen LogP contribution in [0.1, 0.15) is 27.7 Å². The molecule has 2 rings (SSSR count). The molecular weight excluding hydrogens is 523 g/mol. The first kappa shape index (κ1) is 30.3. The quantitative estimate of drug-likeness (QED) is 0.204. The molecule has 0 bridgehead atoms. The molecule has 0 amide bonds. The maximum absolute atomic E-state index is 13.9. The fourth-order valence-corrected chi connectivity index (χ4v) is 3.32. The lowest BCUT2D eigenvalue weighted by Crippen LogP contribution is -2.63. The maximum atomic E-state index is 13.9. The van der Waals surface area contributed by atoms with Gasteiger partial charge in [-0.25, -0.2) is 4.99 Å². The number of benzene rings is 1. The van der Waals surface area contributed by atoms with Crippen LogP contribution in [0.3, 0.4) is 0 Å². The lowest BCUT2D eigenvalue weighted by molar-refractivity contribution is -0.295. The largest absolute Gasteiger partial charge is 0.497 e. The van der Waals surface area contributed by atoms with Gasteiger partial charge in [0.2, 0.25) is 12.4 Å². The molecule has 1 fully saturated rings. The van der Waals surface area contributed by atoms with E-state index in [1.54, 1.807) is 0 Å². The van der Waals surface area contributed by atoms with Crippen molar-refractivity contribution in [2.75, 3.05) is 13.7 Å². The zero-order valence-corrected chi connectivity index (χ0v) is 21.0. The Labute approximate surface area is 214 Å². The van der Waals surface area contributed by atoms with Crippen LogP contribution in [0.5, 0.6) is 5.75 Å². The summed E-state index contributed by atoms with van der Waals surface area (Å²) >= 11 is 0. The van der Waals surface area contributed by atoms with Gasteiger partial charge < -0.3 is 33.2 Å².